The van der Waals surface area contributed by atoms with E-state index < -0.39 is 0 Å². The van der Waals surface area contributed by atoms with Gasteiger partial charge >= 0.3 is 0 Å². The van der Waals surface area contributed by atoms with E-state index in [2.05, 4.69) is 54.2 Å². The van der Waals surface area contributed by atoms with Gasteiger partial charge in [0, 0.05) is 30.7 Å². The van der Waals surface area contributed by atoms with Crippen molar-refractivity contribution in [3.8, 4) is 40.2 Å². The van der Waals surface area contributed by atoms with Crippen LogP contribution in [-0.4, -0.2) is 64.6 Å². The van der Waals surface area contributed by atoms with E-state index in [-0.39, 0.29) is 12.1 Å². The van der Waals surface area contributed by atoms with Crippen LogP contribution >= 0.6 is 0 Å². The summed E-state index contributed by atoms with van der Waals surface area (Å²) in [6.07, 6.45) is 4.09. The van der Waals surface area contributed by atoms with Crippen molar-refractivity contribution in [3.05, 3.63) is 99.6 Å². The van der Waals surface area contributed by atoms with E-state index in [9.17, 15) is 4.79 Å². The number of rotatable bonds is 4. The minimum Gasteiger partial charge on any atom is -0.493 e. The van der Waals surface area contributed by atoms with Crippen LogP contribution in [0.15, 0.2) is 60.7 Å². The fourth-order valence-electron chi connectivity index (χ4n) is 7.24. The van der Waals surface area contributed by atoms with Crippen LogP contribution in [0, 0.1) is 0 Å². The maximum absolute atomic E-state index is 12.0. The van der Waals surface area contributed by atoms with E-state index in [0.29, 0.717) is 45.8 Å². The summed E-state index contributed by atoms with van der Waals surface area (Å²) in [5.41, 5.74) is 7.45. The van der Waals surface area contributed by atoms with Gasteiger partial charge in [0.05, 0.1) is 26.9 Å². The molecule has 8 nitrogen and oxygen atoms in total. The number of hydrogen-bond acceptors (Lipinski definition) is 8. The van der Waals surface area contributed by atoms with Gasteiger partial charge in [-0.3, -0.25) is 14.6 Å². The quantitative estimate of drug-likeness (QED) is 0.227. The molecule has 4 aliphatic rings. The van der Waals surface area contributed by atoms with E-state index in [1.54, 1.807) is 21.3 Å². The maximum atomic E-state index is 12.0. The normalized spacial score (nSPS) is 19.2. The summed E-state index contributed by atoms with van der Waals surface area (Å²) >= 11 is 0. The standard InChI is InChI=1S/C38H40N2O6/c1-39-14-12-25-19-33(42-3)34-21-29(25)30(39)17-24-6-9-27(22-41)32(18-24)45-28-10-7-23(8-11-28)16-31-36-26(13-15-40(31)2)20-35(43-4)37(44-5)38(36)46-34/h6-11,18-22,30-31H,12-17H2,1-5H3/t30-,31+/m1/s1. The third kappa shape index (κ3) is 5.35. The van der Waals surface area contributed by atoms with Gasteiger partial charge in [-0.1, -0.05) is 18.2 Å². The molecule has 4 aromatic rings. The minimum absolute atomic E-state index is 0.0186. The minimum atomic E-state index is 0.0186. The Morgan fingerprint density at radius 3 is 2.11 bits per heavy atom. The van der Waals surface area contributed by atoms with Gasteiger partial charge < -0.3 is 23.7 Å². The molecular weight excluding hydrogens is 580 g/mol. The Morgan fingerprint density at radius 1 is 0.717 bits per heavy atom. The molecule has 0 spiro atoms. The van der Waals surface area contributed by atoms with E-state index in [1.165, 1.54) is 16.7 Å². The molecule has 0 saturated heterocycles. The molecule has 238 valence electrons. The highest BCUT2D eigenvalue weighted by Gasteiger charge is 2.34. The molecule has 6 bridgehead atoms. The maximum Gasteiger partial charge on any atom is 0.204 e. The zero-order valence-corrected chi connectivity index (χ0v) is 27.1. The number of nitrogens with zero attached hydrogens (tertiary/aromatic N) is 2. The van der Waals surface area contributed by atoms with Gasteiger partial charge in [-0.05, 0) is 110 Å². The van der Waals surface area contributed by atoms with E-state index in [1.807, 2.05) is 30.3 Å². The number of likely N-dealkylation sites (N-methyl/N-ethyl adjacent to an activating group) is 2. The molecule has 0 aliphatic carbocycles. The number of benzene rings is 4. The van der Waals surface area contributed by atoms with Crippen molar-refractivity contribution in [2.24, 2.45) is 0 Å². The molecule has 0 unspecified atom stereocenters. The van der Waals surface area contributed by atoms with Crippen LogP contribution in [0.3, 0.4) is 0 Å². The zero-order chi connectivity index (χ0) is 31.9. The van der Waals surface area contributed by atoms with Crippen molar-refractivity contribution in [2.75, 3.05) is 48.5 Å². The van der Waals surface area contributed by atoms with Crippen molar-refractivity contribution >= 4 is 6.29 Å². The first-order valence-corrected chi connectivity index (χ1v) is 15.8. The molecule has 0 fully saturated rings. The predicted molar refractivity (Wildman–Crippen MR) is 177 cm³/mol. The average Bonchev–Trinajstić information content (AvgIpc) is 3.07. The zero-order valence-electron chi connectivity index (χ0n) is 27.1. The Balaban J connectivity index is 1.46. The number of ether oxygens (including phenoxy) is 5. The number of fused-ring (bicyclic) bond motifs is 2. The number of aldehydes is 1. The highest BCUT2D eigenvalue weighted by molar-refractivity contribution is 5.79. The molecule has 4 aromatic carbocycles. The molecule has 0 N–H and O–H groups in total. The molecular formula is C38H40N2O6. The smallest absolute Gasteiger partial charge is 0.204 e. The van der Waals surface area contributed by atoms with Gasteiger partial charge in [0.25, 0.3) is 0 Å². The molecule has 0 saturated carbocycles. The molecule has 0 amide bonds. The summed E-state index contributed by atoms with van der Waals surface area (Å²) in [6, 6.07) is 20.5. The summed E-state index contributed by atoms with van der Waals surface area (Å²) in [5, 5.41) is 0. The van der Waals surface area contributed by atoms with Crippen molar-refractivity contribution < 1.29 is 28.5 Å². The van der Waals surface area contributed by atoms with Crippen LogP contribution in [0.4, 0.5) is 0 Å². The number of carbonyl (C=O) groups is 1. The van der Waals surface area contributed by atoms with E-state index >= 15 is 0 Å². The topological polar surface area (TPSA) is 69.7 Å². The summed E-state index contributed by atoms with van der Waals surface area (Å²) in [6.45, 7) is 1.81. The molecule has 46 heavy (non-hydrogen) atoms. The number of methoxy groups -OCH3 is 3. The lowest BCUT2D eigenvalue weighted by molar-refractivity contribution is 0.112. The molecule has 4 heterocycles. The van der Waals surface area contributed by atoms with Crippen molar-refractivity contribution in [1.82, 2.24) is 9.80 Å². The Morgan fingerprint density at radius 2 is 1.39 bits per heavy atom. The molecule has 4 aliphatic heterocycles. The highest BCUT2D eigenvalue weighted by Crippen LogP contribution is 2.51. The third-order valence-electron chi connectivity index (χ3n) is 9.83. The van der Waals surface area contributed by atoms with Crippen LogP contribution in [0.5, 0.6) is 40.2 Å². The van der Waals surface area contributed by atoms with Gasteiger partial charge in [-0.15, -0.1) is 0 Å². The average molecular weight is 621 g/mol. The van der Waals surface area contributed by atoms with E-state index in [4.69, 9.17) is 23.7 Å². The second-order valence-corrected chi connectivity index (χ2v) is 12.5. The van der Waals surface area contributed by atoms with E-state index in [0.717, 1.165) is 61.7 Å². The third-order valence-corrected chi connectivity index (χ3v) is 9.83. The first kappa shape index (κ1) is 30.1. The fraction of sp³-hybridized carbons (Fsp3) is 0.342. The summed E-state index contributed by atoms with van der Waals surface area (Å²) in [4.78, 5) is 16.7. The Bertz CT molecular complexity index is 1790. The SMILES string of the molecule is COc1cc2c3cc1Oc1c(OC)c(OC)cc4c1[C@H](Cc1ccc(cc1)Oc1cc(ccc1C=O)C[C@H]3N(C)CC2)N(C)CC4. The molecule has 8 heteroatoms. The predicted octanol–water partition coefficient (Wildman–Crippen LogP) is 6.97. The first-order chi connectivity index (χ1) is 22.4. The fourth-order valence-corrected chi connectivity index (χ4v) is 7.24. The largest absolute Gasteiger partial charge is 0.493 e. The lowest BCUT2D eigenvalue weighted by atomic mass is 9.87. The van der Waals surface area contributed by atoms with Crippen molar-refractivity contribution in [2.45, 2.75) is 37.8 Å². The van der Waals surface area contributed by atoms with Crippen molar-refractivity contribution in [3.63, 3.8) is 0 Å². The van der Waals surface area contributed by atoms with Crippen LogP contribution in [0.25, 0.3) is 0 Å². The Labute approximate surface area is 270 Å². The lowest BCUT2D eigenvalue weighted by Gasteiger charge is -2.37. The molecule has 8 rings (SSSR count). The molecule has 0 radical (unpaired) electrons. The monoisotopic (exact) mass is 620 g/mol. The van der Waals surface area contributed by atoms with Gasteiger partial charge in [0.15, 0.2) is 29.3 Å². The Kier molecular flexibility index (Phi) is 8.09. The Hall–Kier alpha value is -4.53. The molecule has 0 aromatic heterocycles. The lowest BCUT2D eigenvalue weighted by Crippen LogP contribution is -2.34. The van der Waals surface area contributed by atoms with Crippen molar-refractivity contribution in [1.29, 1.82) is 0 Å². The van der Waals surface area contributed by atoms with Crippen LogP contribution < -0.4 is 23.7 Å². The summed E-state index contributed by atoms with van der Waals surface area (Å²) in [7, 11) is 9.33. The second-order valence-electron chi connectivity index (χ2n) is 12.5. The van der Waals surface area contributed by atoms with Gasteiger partial charge in [0.1, 0.15) is 11.5 Å². The molecule has 2 atom stereocenters. The number of carbonyl (C=O) groups excluding carboxylic acids is 1. The van der Waals surface area contributed by atoms with Crippen LogP contribution in [0.2, 0.25) is 0 Å². The van der Waals surface area contributed by atoms with Crippen LogP contribution in [-0.2, 0) is 25.7 Å². The number of hydrogen-bond donors (Lipinski definition) is 0. The first-order valence-electron chi connectivity index (χ1n) is 15.8. The highest BCUT2D eigenvalue weighted by atomic mass is 16.5. The van der Waals surface area contributed by atoms with Gasteiger partial charge in [-0.2, -0.15) is 0 Å². The summed E-state index contributed by atoms with van der Waals surface area (Å²) in [5.74, 6) is 4.43. The van der Waals surface area contributed by atoms with Gasteiger partial charge in [0.2, 0.25) is 5.75 Å². The second kappa shape index (κ2) is 12.3. The van der Waals surface area contributed by atoms with Gasteiger partial charge in [-0.25, -0.2) is 0 Å². The summed E-state index contributed by atoms with van der Waals surface area (Å²) < 4.78 is 31.2. The van der Waals surface area contributed by atoms with Crippen LogP contribution in [0.1, 0.15) is 55.8 Å².